The average Bonchev–Trinajstić information content (AvgIpc) is 2.18. The molecule has 82 valence electrons. The summed E-state index contributed by atoms with van der Waals surface area (Å²) >= 11 is 0. The van der Waals surface area contributed by atoms with Crippen LogP contribution in [0.4, 0.5) is 4.39 Å². The van der Waals surface area contributed by atoms with Gasteiger partial charge in [-0.25, -0.2) is 4.39 Å². The highest BCUT2D eigenvalue weighted by molar-refractivity contribution is 5.93. The lowest BCUT2D eigenvalue weighted by Crippen LogP contribution is -2.13. The Morgan fingerprint density at radius 1 is 1.29 bits per heavy atom. The Balaban J connectivity index is 4.41. The van der Waals surface area contributed by atoms with Gasteiger partial charge in [0.1, 0.15) is 0 Å². The van der Waals surface area contributed by atoms with Crippen molar-refractivity contribution in [2.24, 2.45) is 5.92 Å². The van der Waals surface area contributed by atoms with Gasteiger partial charge in [0.05, 0.1) is 5.76 Å². The molecule has 1 atom stereocenters. The number of hydrogen-bond acceptors (Lipinski definition) is 2. The molecule has 2 nitrogen and oxygen atoms in total. The van der Waals surface area contributed by atoms with E-state index in [4.69, 9.17) is 0 Å². The summed E-state index contributed by atoms with van der Waals surface area (Å²) in [5, 5.41) is 9.50. The van der Waals surface area contributed by atoms with Crippen LogP contribution in [0.3, 0.4) is 0 Å². The average molecular weight is 202 g/mol. The van der Waals surface area contributed by atoms with E-state index < -0.39 is 12.0 Å². The molecule has 1 unspecified atom stereocenters. The maximum Gasteiger partial charge on any atom is 0.193 e. The highest BCUT2D eigenvalue weighted by atomic mass is 19.1. The summed E-state index contributed by atoms with van der Waals surface area (Å²) in [5.74, 6) is -0.643. The summed E-state index contributed by atoms with van der Waals surface area (Å²) in [7, 11) is 0. The van der Waals surface area contributed by atoms with Gasteiger partial charge in [-0.1, -0.05) is 20.8 Å². The smallest absolute Gasteiger partial charge is 0.193 e. The van der Waals surface area contributed by atoms with Crippen molar-refractivity contribution in [2.45, 2.75) is 46.2 Å². The van der Waals surface area contributed by atoms with Gasteiger partial charge in [-0.15, -0.1) is 0 Å². The molecular weight excluding hydrogens is 183 g/mol. The number of carbonyl (C=O) groups excluding carboxylic acids is 1. The zero-order chi connectivity index (χ0) is 11.1. The molecule has 0 saturated heterocycles. The highest BCUT2D eigenvalue weighted by Crippen LogP contribution is 2.16. The van der Waals surface area contributed by atoms with Gasteiger partial charge in [-0.05, 0) is 19.3 Å². The molecule has 0 aliphatic carbocycles. The largest absolute Gasteiger partial charge is 0.512 e. The van der Waals surface area contributed by atoms with Crippen molar-refractivity contribution in [3.8, 4) is 0 Å². The fraction of sp³-hybridized carbons (Fsp3) is 0.727. The molecule has 0 aromatic heterocycles. The van der Waals surface area contributed by atoms with Crippen LogP contribution in [-0.2, 0) is 4.79 Å². The van der Waals surface area contributed by atoms with Gasteiger partial charge in [0.15, 0.2) is 12.0 Å². The molecule has 0 rings (SSSR count). The summed E-state index contributed by atoms with van der Waals surface area (Å²) in [4.78, 5) is 11.1. The zero-order valence-corrected chi connectivity index (χ0v) is 9.09. The SMILES string of the molecule is CCC(F)C(=O)/C=C(\O)C(CC)CC. The summed E-state index contributed by atoms with van der Waals surface area (Å²) in [5.41, 5.74) is 0. The molecule has 0 amide bonds. The second-order valence-electron chi connectivity index (χ2n) is 3.36. The normalized spacial score (nSPS) is 14.5. The van der Waals surface area contributed by atoms with E-state index in [1.807, 2.05) is 13.8 Å². The summed E-state index contributed by atoms with van der Waals surface area (Å²) in [6.07, 6.45) is 1.23. The first-order valence-corrected chi connectivity index (χ1v) is 5.15. The highest BCUT2D eigenvalue weighted by Gasteiger charge is 2.16. The Hall–Kier alpha value is -0.860. The number of aliphatic hydroxyl groups is 1. The molecule has 0 heterocycles. The third-order valence-electron chi connectivity index (χ3n) is 2.36. The van der Waals surface area contributed by atoms with Crippen molar-refractivity contribution >= 4 is 5.78 Å². The third kappa shape index (κ3) is 3.90. The number of halogens is 1. The van der Waals surface area contributed by atoms with Crippen molar-refractivity contribution < 1.29 is 14.3 Å². The lowest BCUT2D eigenvalue weighted by Gasteiger charge is -2.11. The minimum atomic E-state index is -1.48. The number of aliphatic hydroxyl groups excluding tert-OH is 1. The van der Waals surface area contributed by atoms with Crippen molar-refractivity contribution in [3.05, 3.63) is 11.8 Å². The van der Waals surface area contributed by atoms with Crippen LogP contribution >= 0.6 is 0 Å². The van der Waals surface area contributed by atoms with E-state index in [0.29, 0.717) is 0 Å². The Kier molecular flexibility index (Phi) is 6.17. The second-order valence-corrected chi connectivity index (χ2v) is 3.36. The molecule has 0 aliphatic heterocycles. The monoisotopic (exact) mass is 202 g/mol. The van der Waals surface area contributed by atoms with E-state index in [2.05, 4.69) is 0 Å². The maximum absolute atomic E-state index is 12.9. The van der Waals surface area contributed by atoms with Gasteiger partial charge in [0.2, 0.25) is 0 Å². The van der Waals surface area contributed by atoms with E-state index >= 15 is 0 Å². The van der Waals surface area contributed by atoms with E-state index in [0.717, 1.165) is 18.9 Å². The van der Waals surface area contributed by atoms with E-state index in [1.54, 1.807) is 6.92 Å². The van der Waals surface area contributed by atoms with Crippen LogP contribution in [0.15, 0.2) is 11.8 Å². The van der Waals surface area contributed by atoms with Crippen LogP contribution in [0, 0.1) is 5.92 Å². The minimum absolute atomic E-state index is 0.0103. The molecule has 0 fully saturated rings. The Bertz CT molecular complexity index is 207. The van der Waals surface area contributed by atoms with Gasteiger partial charge >= 0.3 is 0 Å². The molecule has 0 bridgehead atoms. The fourth-order valence-corrected chi connectivity index (χ4v) is 1.26. The van der Waals surface area contributed by atoms with Crippen LogP contribution in [0.25, 0.3) is 0 Å². The number of allylic oxidation sites excluding steroid dienone is 2. The molecule has 0 aromatic carbocycles. The van der Waals surface area contributed by atoms with Crippen molar-refractivity contribution in [3.63, 3.8) is 0 Å². The second kappa shape index (κ2) is 6.57. The molecule has 0 radical (unpaired) electrons. The van der Waals surface area contributed by atoms with Gasteiger partial charge in [0.25, 0.3) is 0 Å². The number of carbonyl (C=O) groups is 1. The molecule has 0 aromatic rings. The third-order valence-corrected chi connectivity index (χ3v) is 2.36. The van der Waals surface area contributed by atoms with Gasteiger partial charge in [0, 0.05) is 12.0 Å². The quantitative estimate of drug-likeness (QED) is 0.530. The zero-order valence-electron chi connectivity index (χ0n) is 9.09. The number of hydrogen-bond donors (Lipinski definition) is 1. The molecule has 0 spiro atoms. The van der Waals surface area contributed by atoms with Crippen LogP contribution in [0.1, 0.15) is 40.0 Å². The molecule has 14 heavy (non-hydrogen) atoms. The van der Waals surface area contributed by atoms with E-state index in [1.165, 1.54) is 0 Å². The number of alkyl halides is 1. The first-order chi connectivity index (χ1) is 6.56. The van der Waals surface area contributed by atoms with Crippen LogP contribution in [0.5, 0.6) is 0 Å². The molecule has 0 aliphatic rings. The summed E-state index contributed by atoms with van der Waals surface area (Å²) in [6, 6.07) is 0. The molecular formula is C11H19FO2. The Morgan fingerprint density at radius 3 is 2.14 bits per heavy atom. The lowest BCUT2D eigenvalue weighted by molar-refractivity contribution is -0.119. The molecule has 0 saturated carbocycles. The standard InChI is InChI=1S/C11H19FO2/c1-4-8(5-2)10(13)7-11(14)9(12)6-3/h7-9,13H,4-6H2,1-3H3/b10-7-. The number of ketones is 1. The van der Waals surface area contributed by atoms with Crippen LogP contribution in [-0.4, -0.2) is 17.1 Å². The van der Waals surface area contributed by atoms with Gasteiger partial charge < -0.3 is 5.11 Å². The van der Waals surface area contributed by atoms with Crippen molar-refractivity contribution in [1.29, 1.82) is 0 Å². The molecule has 3 heteroatoms. The number of rotatable bonds is 6. The van der Waals surface area contributed by atoms with Crippen molar-refractivity contribution in [1.82, 2.24) is 0 Å². The fourth-order valence-electron chi connectivity index (χ4n) is 1.26. The van der Waals surface area contributed by atoms with Crippen LogP contribution in [0.2, 0.25) is 0 Å². The first-order valence-electron chi connectivity index (χ1n) is 5.15. The Labute approximate surface area is 84.8 Å². The van der Waals surface area contributed by atoms with Crippen LogP contribution < -0.4 is 0 Å². The van der Waals surface area contributed by atoms with E-state index in [-0.39, 0.29) is 18.1 Å². The topological polar surface area (TPSA) is 37.3 Å². The molecule has 1 N–H and O–H groups in total. The predicted molar refractivity (Wildman–Crippen MR) is 55.0 cm³/mol. The summed E-state index contributed by atoms with van der Waals surface area (Å²) < 4.78 is 12.9. The Morgan fingerprint density at radius 2 is 1.79 bits per heavy atom. The minimum Gasteiger partial charge on any atom is -0.512 e. The first kappa shape index (κ1) is 13.1. The van der Waals surface area contributed by atoms with Crippen molar-refractivity contribution in [2.75, 3.05) is 0 Å². The predicted octanol–water partition coefficient (Wildman–Crippen LogP) is 3.18. The lowest BCUT2D eigenvalue weighted by atomic mass is 9.99. The van der Waals surface area contributed by atoms with Gasteiger partial charge in [-0.2, -0.15) is 0 Å². The summed E-state index contributed by atoms with van der Waals surface area (Å²) in [6.45, 7) is 5.45. The van der Waals surface area contributed by atoms with Gasteiger partial charge in [-0.3, -0.25) is 4.79 Å². The maximum atomic E-state index is 12.9. The van der Waals surface area contributed by atoms with E-state index in [9.17, 15) is 14.3 Å².